The molecule has 13 heavy (non-hydrogen) atoms. The van der Waals surface area contributed by atoms with Gasteiger partial charge in [0.2, 0.25) is 0 Å². The van der Waals surface area contributed by atoms with Gasteiger partial charge in [0, 0.05) is 16.8 Å². The minimum Gasteiger partial charge on any atom is -0.213 e. The second-order valence-electron chi connectivity index (χ2n) is 3.11. The fraction of sp³-hybridized carbons (Fsp3) is 0.250. The van der Waals surface area contributed by atoms with Crippen LogP contribution in [-0.2, 0) is 16.8 Å². The number of aryl methyl sites for hydroxylation is 1. The van der Waals surface area contributed by atoms with E-state index in [-0.39, 0.29) is 16.8 Å². The third-order valence-corrected chi connectivity index (χ3v) is 1.79. The van der Waals surface area contributed by atoms with E-state index < -0.39 is 0 Å². The number of hydrogen-bond donors (Lipinski definition) is 0. The zero-order valence-corrected chi connectivity index (χ0v) is 9.12. The van der Waals surface area contributed by atoms with Crippen LogP contribution in [0.5, 0.6) is 0 Å². The van der Waals surface area contributed by atoms with Crippen LogP contribution in [0, 0.1) is 6.92 Å². The van der Waals surface area contributed by atoms with Crippen molar-refractivity contribution in [1.82, 2.24) is 0 Å². The predicted molar refractivity (Wildman–Crippen MR) is 54.3 cm³/mol. The first-order valence-electron chi connectivity index (χ1n) is 4.29. The molecule has 1 aliphatic rings. The quantitative estimate of drug-likeness (QED) is 0.583. The normalized spacial score (nSPS) is 12.6. The van der Waals surface area contributed by atoms with Crippen LogP contribution >= 0.6 is 0 Å². The minimum absolute atomic E-state index is 0. The molecule has 0 saturated heterocycles. The van der Waals surface area contributed by atoms with Gasteiger partial charge in [-0.15, -0.1) is 0 Å². The minimum atomic E-state index is 0. The van der Waals surface area contributed by atoms with Gasteiger partial charge in [-0.2, -0.15) is 17.7 Å². The van der Waals surface area contributed by atoms with Gasteiger partial charge in [-0.1, -0.05) is 30.7 Å². The molecule has 1 aromatic rings. The standard InChI is InChI=1S/C6H8.C6H7.Co/c2*1-6-4-2-3-5-6;/h2-4H,5H2,1H3;2-5H,1H3;/q;-1;. The van der Waals surface area contributed by atoms with E-state index in [1.54, 1.807) is 0 Å². The molecule has 1 aliphatic carbocycles. The van der Waals surface area contributed by atoms with Crippen LogP contribution in [0.15, 0.2) is 48.1 Å². The van der Waals surface area contributed by atoms with E-state index >= 15 is 0 Å². The maximum Gasteiger partial charge on any atom is 0 e. The van der Waals surface area contributed by atoms with Crippen molar-refractivity contribution in [3.63, 3.8) is 0 Å². The summed E-state index contributed by atoms with van der Waals surface area (Å²) in [5.74, 6) is 0. The monoisotopic (exact) mass is 218 g/mol. The molecule has 0 aliphatic heterocycles. The summed E-state index contributed by atoms with van der Waals surface area (Å²) >= 11 is 0. The Hall–Kier alpha value is -0.664. The zero-order valence-electron chi connectivity index (χ0n) is 8.08. The maximum absolute atomic E-state index is 2.16. The molecule has 0 saturated carbocycles. The first-order chi connectivity index (χ1) is 5.79. The SMILES string of the molecule is CC1=CC=CC1.Cc1ccc[cH-]1.[Co]. The molecule has 0 unspecified atom stereocenters. The molecule has 0 N–H and O–H groups in total. The number of allylic oxidation sites excluding steroid dienone is 4. The Morgan fingerprint density at radius 3 is 2.23 bits per heavy atom. The van der Waals surface area contributed by atoms with Crippen molar-refractivity contribution in [1.29, 1.82) is 0 Å². The first-order valence-corrected chi connectivity index (χ1v) is 4.29. The van der Waals surface area contributed by atoms with Crippen LogP contribution in [0.25, 0.3) is 0 Å². The number of rotatable bonds is 0. The van der Waals surface area contributed by atoms with Crippen LogP contribution in [0.1, 0.15) is 18.9 Å². The smallest absolute Gasteiger partial charge is 0 e. The summed E-state index contributed by atoms with van der Waals surface area (Å²) in [4.78, 5) is 0. The molecule has 0 fully saturated rings. The van der Waals surface area contributed by atoms with Crippen molar-refractivity contribution in [2.24, 2.45) is 0 Å². The second kappa shape index (κ2) is 6.81. The Labute approximate surface area is 90.9 Å². The van der Waals surface area contributed by atoms with E-state index in [1.165, 1.54) is 17.6 Å². The van der Waals surface area contributed by atoms with Gasteiger partial charge in [-0.25, -0.2) is 12.1 Å². The van der Waals surface area contributed by atoms with E-state index in [2.05, 4.69) is 44.2 Å². The fourth-order valence-corrected chi connectivity index (χ4v) is 1.02. The molecule has 1 radical (unpaired) electrons. The molecule has 0 spiro atoms. The van der Waals surface area contributed by atoms with Crippen LogP contribution in [0.4, 0.5) is 0 Å². The van der Waals surface area contributed by atoms with Gasteiger partial charge in [0.05, 0.1) is 0 Å². The second-order valence-corrected chi connectivity index (χ2v) is 3.11. The Morgan fingerprint density at radius 1 is 1.31 bits per heavy atom. The van der Waals surface area contributed by atoms with Gasteiger partial charge < -0.3 is 0 Å². The summed E-state index contributed by atoms with van der Waals surface area (Å²) in [6, 6.07) is 8.24. The molecule has 1 aromatic carbocycles. The largest absolute Gasteiger partial charge is 0.213 e. The summed E-state index contributed by atoms with van der Waals surface area (Å²) in [6.07, 6.45) is 7.56. The van der Waals surface area contributed by atoms with Crippen molar-refractivity contribution >= 4 is 0 Å². The van der Waals surface area contributed by atoms with E-state index in [4.69, 9.17) is 0 Å². The van der Waals surface area contributed by atoms with E-state index in [1.807, 2.05) is 12.1 Å². The summed E-state index contributed by atoms with van der Waals surface area (Å²) in [5.41, 5.74) is 2.81. The van der Waals surface area contributed by atoms with Gasteiger partial charge in [-0.3, -0.25) is 0 Å². The van der Waals surface area contributed by atoms with Crippen molar-refractivity contribution in [2.45, 2.75) is 20.3 Å². The Morgan fingerprint density at radius 2 is 2.08 bits per heavy atom. The van der Waals surface area contributed by atoms with Crippen LogP contribution in [-0.4, -0.2) is 0 Å². The average Bonchev–Trinajstić information content (AvgIpc) is 2.63. The molecule has 0 amide bonds. The van der Waals surface area contributed by atoms with E-state index in [9.17, 15) is 0 Å². The molecule has 1 heteroatoms. The molecular formula is C12H15Co-. The molecule has 0 aromatic heterocycles. The number of hydrogen-bond acceptors (Lipinski definition) is 0. The Kier molecular flexibility index (Phi) is 6.46. The topological polar surface area (TPSA) is 0 Å². The van der Waals surface area contributed by atoms with Gasteiger partial charge in [-0.05, 0) is 13.3 Å². The summed E-state index contributed by atoms with van der Waals surface area (Å²) < 4.78 is 0. The molecule has 0 bridgehead atoms. The summed E-state index contributed by atoms with van der Waals surface area (Å²) in [6.45, 7) is 4.22. The molecular weight excluding hydrogens is 203 g/mol. The molecule has 0 atom stereocenters. The Balaban J connectivity index is 0.000000206. The maximum atomic E-state index is 2.16. The van der Waals surface area contributed by atoms with Crippen LogP contribution in [0.3, 0.4) is 0 Å². The van der Waals surface area contributed by atoms with Gasteiger partial charge >= 0.3 is 0 Å². The van der Waals surface area contributed by atoms with E-state index in [0.717, 1.165) is 0 Å². The summed E-state index contributed by atoms with van der Waals surface area (Å²) in [7, 11) is 0. The molecule has 2 rings (SSSR count). The van der Waals surface area contributed by atoms with Gasteiger partial charge in [0.25, 0.3) is 0 Å². The zero-order chi connectivity index (χ0) is 8.81. The third kappa shape index (κ3) is 5.56. The van der Waals surface area contributed by atoms with Crippen LogP contribution in [0.2, 0.25) is 0 Å². The van der Waals surface area contributed by atoms with Crippen molar-refractivity contribution in [3.8, 4) is 0 Å². The van der Waals surface area contributed by atoms with Gasteiger partial charge in [0.15, 0.2) is 0 Å². The first kappa shape index (κ1) is 12.3. The molecule has 73 valence electrons. The average molecular weight is 218 g/mol. The van der Waals surface area contributed by atoms with E-state index in [0.29, 0.717) is 0 Å². The van der Waals surface area contributed by atoms with Crippen molar-refractivity contribution < 1.29 is 16.8 Å². The molecule has 0 nitrogen and oxygen atoms in total. The van der Waals surface area contributed by atoms with Crippen molar-refractivity contribution in [3.05, 3.63) is 53.6 Å². The molecule has 0 heterocycles. The summed E-state index contributed by atoms with van der Waals surface area (Å²) in [5, 5.41) is 0. The van der Waals surface area contributed by atoms with Crippen LogP contribution < -0.4 is 0 Å². The Bertz CT molecular complexity index is 265. The van der Waals surface area contributed by atoms with Crippen molar-refractivity contribution in [2.75, 3.05) is 0 Å². The predicted octanol–water partition coefficient (Wildman–Crippen LogP) is 3.60. The van der Waals surface area contributed by atoms with Gasteiger partial charge in [0.1, 0.15) is 0 Å². The fourth-order valence-electron chi connectivity index (χ4n) is 1.02. The third-order valence-electron chi connectivity index (χ3n) is 1.79.